The lowest BCUT2D eigenvalue weighted by atomic mass is 10.1. The number of hydrogen-bond acceptors (Lipinski definition) is 0. The van der Waals surface area contributed by atoms with Gasteiger partial charge >= 0.3 is 0 Å². The van der Waals surface area contributed by atoms with Gasteiger partial charge in [-0.3, -0.25) is 0 Å². The van der Waals surface area contributed by atoms with Gasteiger partial charge in [-0.1, -0.05) is 23.2 Å². The Morgan fingerprint density at radius 2 is 1.50 bits per heavy atom. The van der Waals surface area contributed by atoms with E-state index in [-0.39, 0.29) is 15.6 Å². The number of hydrogen-bond donors (Lipinski definition) is 0. The van der Waals surface area contributed by atoms with Crippen LogP contribution in [0, 0.1) is 0 Å². The summed E-state index contributed by atoms with van der Waals surface area (Å²) in [6.45, 7) is -1.38. The van der Waals surface area contributed by atoms with E-state index in [2.05, 4.69) is 0 Å². The van der Waals surface area contributed by atoms with Gasteiger partial charge in [-0.15, -0.1) is 0 Å². The fraction of sp³-hybridized carbons (Fsp3) is 0.250. The van der Waals surface area contributed by atoms with Crippen LogP contribution in [0.5, 0.6) is 0 Å². The molecule has 1 rings (SSSR count). The second kappa shape index (κ2) is 4.06. The molecule has 0 radical (unpaired) electrons. The molecule has 0 saturated carbocycles. The van der Waals surface area contributed by atoms with Crippen molar-refractivity contribution in [3.63, 3.8) is 0 Å². The van der Waals surface area contributed by atoms with Crippen molar-refractivity contribution in [3.05, 3.63) is 33.3 Å². The second-order valence-corrected chi connectivity index (χ2v) is 3.12. The average Bonchev–Trinajstić information content (AvgIpc) is 2.03. The molecule has 1 aromatic rings. The number of benzene rings is 1. The van der Waals surface area contributed by atoms with Gasteiger partial charge < -0.3 is 0 Å². The normalized spacial score (nSPS) is 10.3. The molecule has 0 N–H and O–H groups in total. The third-order valence-electron chi connectivity index (χ3n) is 1.49. The topological polar surface area (TPSA) is 0 Å². The molecule has 0 nitrogen and oxygen atoms in total. The summed E-state index contributed by atoms with van der Waals surface area (Å²) < 4.78 is 24.3. The first-order chi connectivity index (χ1) is 5.69. The molecule has 0 fully saturated rings. The van der Waals surface area contributed by atoms with Crippen LogP contribution >= 0.6 is 23.2 Å². The van der Waals surface area contributed by atoms with Crippen molar-refractivity contribution >= 4 is 23.2 Å². The summed E-state index contributed by atoms with van der Waals surface area (Å²) in [6.07, 6.45) is 0. The largest absolute Gasteiger partial charge is 0.246 e. The highest BCUT2D eigenvalue weighted by Crippen LogP contribution is 2.27. The summed E-state index contributed by atoms with van der Waals surface area (Å²) in [6, 6.07) is 2.75. The molecular weight excluding hydrogens is 205 g/mol. The van der Waals surface area contributed by atoms with Crippen LogP contribution in [0.2, 0.25) is 10.0 Å². The molecule has 0 bridgehead atoms. The van der Waals surface area contributed by atoms with E-state index < -0.39 is 13.3 Å². The van der Waals surface area contributed by atoms with Gasteiger partial charge in [-0.05, 0) is 17.7 Å². The highest BCUT2D eigenvalue weighted by Gasteiger charge is 2.07. The van der Waals surface area contributed by atoms with E-state index in [9.17, 15) is 8.78 Å². The Kier molecular flexibility index (Phi) is 3.29. The Hall–Kier alpha value is -0.340. The summed E-state index contributed by atoms with van der Waals surface area (Å²) in [5.41, 5.74) is 0.581. The summed E-state index contributed by atoms with van der Waals surface area (Å²) in [5, 5.41) is 0.357. The molecule has 0 spiro atoms. The Morgan fingerprint density at radius 1 is 1.00 bits per heavy atom. The Labute approximate surface area is 79.1 Å². The van der Waals surface area contributed by atoms with Gasteiger partial charge in [0.1, 0.15) is 13.3 Å². The maximum atomic E-state index is 12.2. The van der Waals surface area contributed by atoms with E-state index >= 15 is 0 Å². The fourth-order valence-electron chi connectivity index (χ4n) is 0.860. The molecule has 0 saturated heterocycles. The maximum Gasteiger partial charge on any atom is 0.117 e. The molecule has 12 heavy (non-hydrogen) atoms. The smallest absolute Gasteiger partial charge is 0.117 e. The van der Waals surface area contributed by atoms with Crippen LogP contribution in [0.3, 0.4) is 0 Å². The molecule has 0 heterocycles. The predicted molar refractivity (Wildman–Crippen MR) is 46.1 cm³/mol. The van der Waals surface area contributed by atoms with E-state index in [1.807, 2.05) is 0 Å². The van der Waals surface area contributed by atoms with Crippen molar-refractivity contribution in [2.24, 2.45) is 0 Å². The zero-order valence-electron chi connectivity index (χ0n) is 6.08. The van der Waals surface area contributed by atoms with Crippen molar-refractivity contribution in [2.45, 2.75) is 13.3 Å². The van der Waals surface area contributed by atoms with Crippen molar-refractivity contribution in [3.8, 4) is 0 Å². The Bertz CT molecular complexity index is 263. The molecule has 0 amide bonds. The van der Waals surface area contributed by atoms with E-state index in [0.29, 0.717) is 5.56 Å². The lowest BCUT2D eigenvalue weighted by Crippen LogP contribution is -1.87. The van der Waals surface area contributed by atoms with Crippen molar-refractivity contribution in [1.82, 2.24) is 0 Å². The summed E-state index contributed by atoms with van der Waals surface area (Å²) >= 11 is 11.2. The lowest BCUT2D eigenvalue weighted by molar-refractivity contribution is 0.479. The number of rotatable bonds is 2. The van der Waals surface area contributed by atoms with Gasteiger partial charge in [-0.25, -0.2) is 8.78 Å². The average molecular weight is 211 g/mol. The first-order valence-electron chi connectivity index (χ1n) is 3.27. The lowest BCUT2D eigenvalue weighted by Gasteiger charge is -2.03. The molecule has 0 atom stereocenters. The van der Waals surface area contributed by atoms with Gasteiger partial charge in [0.05, 0.1) is 0 Å². The van der Waals surface area contributed by atoms with Gasteiger partial charge in [-0.2, -0.15) is 0 Å². The monoisotopic (exact) mass is 210 g/mol. The van der Waals surface area contributed by atoms with Gasteiger partial charge in [0, 0.05) is 15.6 Å². The summed E-state index contributed by atoms with van der Waals surface area (Å²) in [5.74, 6) is 0. The van der Waals surface area contributed by atoms with Crippen LogP contribution in [0.15, 0.2) is 12.1 Å². The standard InChI is InChI=1S/C8H6Cl2F2/c9-7-1-5(3-11)2-8(10)6(7)4-12/h1-2H,3-4H2. The van der Waals surface area contributed by atoms with Crippen LogP contribution in [-0.2, 0) is 13.3 Å². The minimum atomic E-state index is -0.732. The second-order valence-electron chi connectivity index (χ2n) is 2.31. The minimum Gasteiger partial charge on any atom is -0.246 e. The van der Waals surface area contributed by atoms with Gasteiger partial charge in [0.2, 0.25) is 0 Å². The Morgan fingerprint density at radius 3 is 1.83 bits per heavy atom. The SMILES string of the molecule is FCc1cc(Cl)c(CF)c(Cl)c1. The fourth-order valence-corrected chi connectivity index (χ4v) is 1.49. The van der Waals surface area contributed by atoms with Gasteiger partial charge in [0.25, 0.3) is 0 Å². The first kappa shape index (κ1) is 9.75. The molecule has 0 aromatic heterocycles. The van der Waals surface area contributed by atoms with E-state index in [0.717, 1.165) is 0 Å². The van der Waals surface area contributed by atoms with E-state index in [1.54, 1.807) is 0 Å². The number of halogens is 4. The molecule has 66 valence electrons. The zero-order valence-corrected chi connectivity index (χ0v) is 7.59. The van der Waals surface area contributed by atoms with E-state index in [1.165, 1.54) is 12.1 Å². The van der Waals surface area contributed by atoms with Crippen molar-refractivity contribution in [2.75, 3.05) is 0 Å². The maximum absolute atomic E-state index is 12.2. The van der Waals surface area contributed by atoms with Crippen LogP contribution in [0.25, 0.3) is 0 Å². The molecule has 0 aliphatic heterocycles. The quantitative estimate of drug-likeness (QED) is 0.695. The molecule has 4 heteroatoms. The van der Waals surface area contributed by atoms with Crippen molar-refractivity contribution in [1.29, 1.82) is 0 Å². The van der Waals surface area contributed by atoms with Crippen LogP contribution in [0.4, 0.5) is 8.78 Å². The molecule has 0 unspecified atom stereocenters. The third kappa shape index (κ3) is 1.87. The number of alkyl halides is 2. The van der Waals surface area contributed by atoms with Crippen molar-refractivity contribution < 1.29 is 8.78 Å². The van der Waals surface area contributed by atoms with E-state index in [4.69, 9.17) is 23.2 Å². The third-order valence-corrected chi connectivity index (χ3v) is 2.16. The summed E-state index contributed by atoms with van der Waals surface area (Å²) in [4.78, 5) is 0. The molecular formula is C8H6Cl2F2. The first-order valence-corrected chi connectivity index (χ1v) is 4.03. The minimum absolute atomic E-state index is 0.178. The van der Waals surface area contributed by atoms with Crippen LogP contribution in [0.1, 0.15) is 11.1 Å². The molecule has 0 aliphatic carbocycles. The van der Waals surface area contributed by atoms with Crippen LogP contribution in [-0.4, -0.2) is 0 Å². The highest BCUT2D eigenvalue weighted by atomic mass is 35.5. The Balaban J connectivity index is 3.18. The zero-order chi connectivity index (χ0) is 9.14. The molecule has 0 aliphatic rings. The predicted octanol–water partition coefficient (Wildman–Crippen LogP) is 3.93. The summed E-state index contributed by atoms with van der Waals surface area (Å²) in [7, 11) is 0. The molecule has 1 aromatic carbocycles. The van der Waals surface area contributed by atoms with Crippen LogP contribution < -0.4 is 0 Å². The highest BCUT2D eigenvalue weighted by molar-refractivity contribution is 6.36. The van der Waals surface area contributed by atoms with Gasteiger partial charge in [0.15, 0.2) is 0 Å².